The molecule has 0 bridgehead atoms. The topological polar surface area (TPSA) is 55.8 Å². The maximum Gasteiger partial charge on any atom is 0.229 e. The van der Waals surface area contributed by atoms with E-state index in [9.17, 15) is 9.59 Å². The van der Waals surface area contributed by atoms with Crippen LogP contribution in [0.5, 0.6) is 0 Å². The highest BCUT2D eigenvalue weighted by Crippen LogP contribution is 2.13. The summed E-state index contributed by atoms with van der Waals surface area (Å²) in [6.07, 6.45) is 1.86. The molecule has 1 fully saturated rings. The summed E-state index contributed by atoms with van der Waals surface area (Å²) in [7, 11) is 3.14. The largest absolute Gasteiger partial charge is 0.356 e. The van der Waals surface area contributed by atoms with E-state index in [1.54, 1.807) is 14.2 Å². The number of nitrogens with zero attached hydrogens (tertiary/aromatic N) is 1. The summed E-state index contributed by atoms with van der Waals surface area (Å²) in [5.74, 6) is -0.127. The van der Waals surface area contributed by atoms with Crippen molar-refractivity contribution in [1.82, 2.24) is 4.90 Å². The summed E-state index contributed by atoms with van der Waals surface area (Å²) in [6, 6.07) is 0. The van der Waals surface area contributed by atoms with E-state index in [1.165, 1.54) is 4.90 Å². The second-order valence-electron chi connectivity index (χ2n) is 3.48. The Morgan fingerprint density at radius 2 is 1.73 bits per heavy atom. The number of amides is 2. The maximum atomic E-state index is 11.2. The van der Waals surface area contributed by atoms with Gasteiger partial charge in [0, 0.05) is 40.0 Å². The number of hydrogen-bond donors (Lipinski definition) is 0. The van der Waals surface area contributed by atoms with E-state index in [2.05, 4.69) is 0 Å². The summed E-state index contributed by atoms with van der Waals surface area (Å²) < 4.78 is 10.0. The standard InChI is InChI=1S/C10H17NO4/c1-14-10(15-2)4-3-7-11-8(12)5-6-9(11)13/h10H,3-7H2,1-2H3. The van der Waals surface area contributed by atoms with Crippen LogP contribution in [-0.4, -0.2) is 43.8 Å². The van der Waals surface area contributed by atoms with E-state index in [0.717, 1.165) is 0 Å². The Labute approximate surface area is 89.3 Å². The zero-order chi connectivity index (χ0) is 11.3. The predicted molar refractivity (Wildman–Crippen MR) is 53.0 cm³/mol. The van der Waals surface area contributed by atoms with E-state index < -0.39 is 0 Å². The van der Waals surface area contributed by atoms with Crippen molar-refractivity contribution in [2.75, 3.05) is 20.8 Å². The van der Waals surface area contributed by atoms with Crippen molar-refractivity contribution in [2.24, 2.45) is 0 Å². The lowest BCUT2D eigenvalue weighted by Crippen LogP contribution is -2.30. The van der Waals surface area contributed by atoms with Crippen LogP contribution in [0.1, 0.15) is 25.7 Å². The number of imide groups is 1. The first-order valence-corrected chi connectivity index (χ1v) is 5.07. The molecule has 86 valence electrons. The third kappa shape index (κ3) is 3.28. The van der Waals surface area contributed by atoms with Crippen LogP contribution in [0, 0.1) is 0 Å². The van der Waals surface area contributed by atoms with Crippen molar-refractivity contribution in [3.05, 3.63) is 0 Å². The molecule has 5 nitrogen and oxygen atoms in total. The summed E-state index contributed by atoms with van der Waals surface area (Å²) >= 11 is 0. The third-order valence-corrected chi connectivity index (χ3v) is 2.50. The molecular weight excluding hydrogens is 198 g/mol. The van der Waals surface area contributed by atoms with Gasteiger partial charge in [0.1, 0.15) is 0 Å². The molecule has 1 heterocycles. The van der Waals surface area contributed by atoms with Gasteiger partial charge in [-0.05, 0) is 6.42 Å². The van der Waals surface area contributed by atoms with Gasteiger partial charge in [0.25, 0.3) is 0 Å². The Morgan fingerprint density at radius 3 is 2.20 bits per heavy atom. The van der Waals surface area contributed by atoms with Gasteiger partial charge < -0.3 is 9.47 Å². The van der Waals surface area contributed by atoms with Crippen molar-refractivity contribution < 1.29 is 19.1 Å². The van der Waals surface area contributed by atoms with E-state index in [-0.39, 0.29) is 18.1 Å². The van der Waals surface area contributed by atoms with Gasteiger partial charge in [-0.2, -0.15) is 0 Å². The van der Waals surface area contributed by atoms with Gasteiger partial charge in [0.2, 0.25) is 11.8 Å². The van der Waals surface area contributed by atoms with Crippen LogP contribution in [0.25, 0.3) is 0 Å². The van der Waals surface area contributed by atoms with Crippen LogP contribution in [0.15, 0.2) is 0 Å². The second-order valence-corrected chi connectivity index (χ2v) is 3.48. The highest BCUT2D eigenvalue weighted by Gasteiger charge is 2.28. The summed E-state index contributed by atoms with van der Waals surface area (Å²) in [6.45, 7) is 0.473. The van der Waals surface area contributed by atoms with Crippen LogP contribution in [0.2, 0.25) is 0 Å². The molecule has 1 rings (SSSR count). The Kier molecular flexibility index (Phi) is 4.71. The first kappa shape index (κ1) is 12.1. The van der Waals surface area contributed by atoms with Crippen LogP contribution >= 0.6 is 0 Å². The molecule has 15 heavy (non-hydrogen) atoms. The molecule has 0 saturated carbocycles. The molecule has 0 radical (unpaired) electrons. The highest BCUT2D eigenvalue weighted by molar-refractivity contribution is 6.01. The fourth-order valence-electron chi connectivity index (χ4n) is 1.62. The quantitative estimate of drug-likeness (QED) is 0.479. The van der Waals surface area contributed by atoms with Crippen molar-refractivity contribution in [3.63, 3.8) is 0 Å². The summed E-state index contributed by atoms with van der Waals surface area (Å²) in [5, 5.41) is 0. The molecule has 0 atom stereocenters. The van der Waals surface area contributed by atoms with Crippen molar-refractivity contribution in [2.45, 2.75) is 32.0 Å². The van der Waals surface area contributed by atoms with E-state index in [0.29, 0.717) is 32.2 Å². The van der Waals surface area contributed by atoms with Crippen molar-refractivity contribution >= 4 is 11.8 Å². The zero-order valence-electron chi connectivity index (χ0n) is 9.19. The minimum atomic E-state index is -0.252. The predicted octanol–water partition coefficient (Wildman–Crippen LogP) is 0.534. The van der Waals surface area contributed by atoms with Gasteiger partial charge in [-0.15, -0.1) is 0 Å². The lowest BCUT2D eigenvalue weighted by atomic mass is 10.3. The maximum absolute atomic E-state index is 11.2. The minimum Gasteiger partial charge on any atom is -0.356 e. The number of carbonyl (C=O) groups is 2. The SMILES string of the molecule is COC(CCCN1C(=O)CCC1=O)OC. The Hall–Kier alpha value is -0.940. The molecule has 1 saturated heterocycles. The van der Waals surface area contributed by atoms with Crippen LogP contribution in [0.4, 0.5) is 0 Å². The zero-order valence-corrected chi connectivity index (χ0v) is 9.19. The normalized spacial score (nSPS) is 16.9. The van der Waals surface area contributed by atoms with E-state index >= 15 is 0 Å². The molecule has 0 aromatic carbocycles. The molecule has 0 unspecified atom stereocenters. The Bertz CT molecular complexity index is 222. The fraction of sp³-hybridized carbons (Fsp3) is 0.800. The monoisotopic (exact) mass is 215 g/mol. The molecule has 0 spiro atoms. The molecule has 5 heteroatoms. The average molecular weight is 215 g/mol. The third-order valence-electron chi connectivity index (χ3n) is 2.50. The number of hydrogen-bond acceptors (Lipinski definition) is 4. The number of methoxy groups -OCH3 is 2. The molecule has 0 aromatic heterocycles. The van der Waals surface area contributed by atoms with E-state index in [4.69, 9.17) is 9.47 Å². The molecule has 1 aliphatic heterocycles. The molecule has 0 aromatic rings. The average Bonchev–Trinajstić information content (AvgIpc) is 2.55. The first-order chi connectivity index (χ1) is 7.19. The summed E-state index contributed by atoms with van der Waals surface area (Å²) in [4.78, 5) is 23.8. The van der Waals surface area contributed by atoms with Gasteiger partial charge in [-0.3, -0.25) is 14.5 Å². The van der Waals surface area contributed by atoms with E-state index in [1.807, 2.05) is 0 Å². The smallest absolute Gasteiger partial charge is 0.229 e. The Morgan fingerprint density at radius 1 is 1.20 bits per heavy atom. The van der Waals surface area contributed by atoms with Crippen LogP contribution in [-0.2, 0) is 19.1 Å². The second kappa shape index (κ2) is 5.82. The number of likely N-dealkylation sites (tertiary alicyclic amines) is 1. The number of carbonyl (C=O) groups excluding carboxylic acids is 2. The lowest BCUT2D eigenvalue weighted by molar-refractivity contribution is -0.139. The molecule has 1 aliphatic rings. The van der Waals surface area contributed by atoms with Crippen molar-refractivity contribution in [3.8, 4) is 0 Å². The summed E-state index contributed by atoms with van der Waals surface area (Å²) in [5.41, 5.74) is 0. The number of ether oxygens (including phenoxy) is 2. The van der Waals surface area contributed by atoms with Gasteiger partial charge >= 0.3 is 0 Å². The van der Waals surface area contributed by atoms with Crippen LogP contribution in [0.3, 0.4) is 0 Å². The Balaban J connectivity index is 2.24. The molecule has 2 amide bonds. The highest BCUT2D eigenvalue weighted by atomic mass is 16.7. The minimum absolute atomic E-state index is 0.0635. The van der Waals surface area contributed by atoms with Crippen molar-refractivity contribution in [1.29, 1.82) is 0 Å². The lowest BCUT2D eigenvalue weighted by Gasteiger charge is -2.16. The fourth-order valence-corrected chi connectivity index (χ4v) is 1.62. The molecule has 0 N–H and O–H groups in total. The molecule has 0 aliphatic carbocycles. The molecular formula is C10H17NO4. The van der Waals surface area contributed by atoms with Gasteiger partial charge in [0.15, 0.2) is 6.29 Å². The van der Waals surface area contributed by atoms with Gasteiger partial charge in [-0.1, -0.05) is 0 Å². The number of rotatable bonds is 6. The van der Waals surface area contributed by atoms with Crippen LogP contribution < -0.4 is 0 Å². The first-order valence-electron chi connectivity index (χ1n) is 5.07. The van der Waals surface area contributed by atoms with Gasteiger partial charge in [0.05, 0.1) is 0 Å². The van der Waals surface area contributed by atoms with Gasteiger partial charge in [-0.25, -0.2) is 0 Å².